The van der Waals surface area contributed by atoms with E-state index in [0.29, 0.717) is 10.0 Å². The third-order valence-corrected chi connectivity index (χ3v) is 6.84. The second-order valence-corrected chi connectivity index (χ2v) is 9.29. The normalized spacial score (nSPS) is 11.2. The Labute approximate surface area is 186 Å². The van der Waals surface area contributed by atoms with Crippen LogP contribution in [0.25, 0.3) is 31.6 Å². The fourth-order valence-corrected chi connectivity index (χ4v) is 5.71. The molecule has 1 aromatic heterocycles. The van der Waals surface area contributed by atoms with E-state index in [1.165, 1.54) is 22.0 Å². The molecule has 1 heterocycles. The van der Waals surface area contributed by atoms with Crippen molar-refractivity contribution in [3.8, 4) is 10.6 Å². The van der Waals surface area contributed by atoms with E-state index in [1.807, 2.05) is 36.4 Å². The highest BCUT2D eigenvalue weighted by Gasteiger charge is 2.14. The van der Waals surface area contributed by atoms with Gasteiger partial charge in [-0.3, -0.25) is 0 Å². The molecular formula is C23H14Cl2N2S2. The Morgan fingerprint density at radius 2 is 1.59 bits per heavy atom. The number of halogens is 2. The van der Waals surface area contributed by atoms with Crippen molar-refractivity contribution < 1.29 is 0 Å². The predicted molar refractivity (Wildman–Crippen MR) is 129 cm³/mol. The van der Waals surface area contributed by atoms with Gasteiger partial charge in [0.2, 0.25) is 0 Å². The van der Waals surface area contributed by atoms with Crippen LogP contribution in [0.15, 0.2) is 83.8 Å². The minimum absolute atomic E-state index is 0.617. The fraction of sp³-hybridized carbons (Fsp3) is 0. The van der Waals surface area contributed by atoms with Crippen molar-refractivity contribution in [3.63, 3.8) is 0 Å². The third kappa shape index (κ3) is 3.81. The molecular weight excluding hydrogens is 439 g/mol. The van der Waals surface area contributed by atoms with Crippen LogP contribution in [0, 0.1) is 0 Å². The summed E-state index contributed by atoms with van der Waals surface area (Å²) in [6, 6.07) is 26.4. The molecule has 0 spiro atoms. The monoisotopic (exact) mass is 452 g/mol. The average Bonchev–Trinajstić information content (AvgIpc) is 3.15. The van der Waals surface area contributed by atoms with Crippen LogP contribution in [0.3, 0.4) is 0 Å². The number of nitrogens with one attached hydrogen (secondary N) is 1. The van der Waals surface area contributed by atoms with Gasteiger partial charge in [0, 0.05) is 25.9 Å². The van der Waals surface area contributed by atoms with Gasteiger partial charge >= 0.3 is 0 Å². The van der Waals surface area contributed by atoms with Crippen LogP contribution in [0.2, 0.25) is 10.0 Å². The predicted octanol–water partition coefficient (Wildman–Crippen LogP) is 8.54. The summed E-state index contributed by atoms with van der Waals surface area (Å²) in [5.41, 5.74) is 3.12. The molecule has 6 heteroatoms. The van der Waals surface area contributed by atoms with Crippen LogP contribution in [0.4, 0.5) is 5.69 Å². The van der Waals surface area contributed by atoms with E-state index < -0.39 is 0 Å². The molecule has 0 radical (unpaired) electrons. The fourth-order valence-electron chi connectivity index (χ4n) is 3.24. The molecule has 0 amide bonds. The molecule has 0 unspecified atom stereocenters. The Bertz CT molecular complexity index is 1290. The van der Waals surface area contributed by atoms with Crippen LogP contribution in [-0.4, -0.2) is 4.98 Å². The average molecular weight is 453 g/mol. The number of rotatable bonds is 4. The number of fused-ring (bicyclic) bond motifs is 2. The van der Waals surface area contributed by atoms with Gasteiger partial charge in [0.15, 0.2) is 0 Å². The van der Waals surface area contributed by atoms with E-state index in [1.54, 1.807) is 17.4 Å². The van der Waals surface area contributed by atoms with Gasteiger partial charge in [0.1, 0.15) is 5.01 Å². The lowest BCUT2D eigenvalue weighted by Crippen LogP contribution is -1.93. The lowest BCUT2D eigenvalue weighted by molar-refractivity contribution is 1.46. The topological polar surface area (TPSA) is 24.9 Å². The number of hydrogen-bond acceptors (Lipinski definition) is 4. The molecule has 0 aliphatic carbocycles. The summed E-state index contributed by atoms with van der Waals surface area (Å²) in [6.45, 7) is 0. The van der Waals surface area contributed by atoms with Gasteiger partial charge in [-0.05, 0) is 53.7 Å². The van der Waals surface area contributed by atoms with Crippen LogP contribution >= 0.6 is 46.5 Å². The van der Waals surface area contributed by atoms with E-state index in [9.17, 15) is 0 Å². The molecule has 0 aliphatic heterocycles. The van der Waals surface area contributed by atoms with Crippen LogP contribution in [0.1, 0.15) is 0 Å². The number of aromatic nitrogens is 1. The molecule has 29 heavy (non-hydrogen) atoms. The third-order valence-electron chi connectivity index (χ3n) is 4.56. The highest BCUT2D eigenvalue weighted by Crippen LogP contribution is 2.40. The number of para-hydroxylation sites is 1. The Morgan fingerprint density at radius 3 is 2.41 bits per heavy atom. The standard InChI is InChI=1S/C23H14Cl2N2S2/c24-15-11-16(25)13-17(12-15)29-27-22-18-6-2-1-5-14(18)9-10-19(22)23-26-20-7-3-4-8-21(20)28-23/h1-13,27H. The summed E-state index contributed by atoms with van der Waals surface area (Å²) < 4.78 is 4.71. The molecule has 0 atom stereocenters. The van der Waals surface area contributed by atoms with Gasteiger partial charge in [0.05, 0.1) is 15.9 Å². The van der Waals surface area contributed by atoms with Crippen molar-refractivity contribution in [2.45, 2.75) is 4.90 Å². The van der Waals surface area contributed by atoms with Crippen molar-refractivity contribution in [2.75, 3.05) is 4.72 Å². The molecule has 0 bridgehead atoms. The SMILES string of the molecule is Clc1cc(Cl)cc(SNc2c(-c3nc4ccccc4s3)ccc3ccccc23)c1. The minimum atomic E-state index is 0.617. The highest BCUT2D eigenvalue weighted by atomic mass is 35.5. The largest absolute Gasteiger partial charge is 0.324 e. The maximum Gasteiger partial charge on any atom is 0.126 e. The molecule has 0 fully saturated rings. The summed E-state index contributed by atoms with van der Waals surface area (Å²) in [6.07, 6.45) is 0. The number of anilines is 1. The molecule has 2 nitrogen and oxygen atoms in total. The van der Waals surface area contributed by atoms with Crippen molar-refractivity contribution in [1.29, 1.82) is 0 Å². The first-order chi connectivity index (χ1) is 14.2. The van der Waals surface area contributed by atoms with Gasteiger partial charge < -0.3 is 4.72 Å². The van der Waals surface area contributed by atoms with Crippen molar-refractivity contribution in [1.82, 2.24) is 4.98 Å². The smallest absolute Gasteiger partial charge is 0.126 e. The summed E-state index contributed by atoms with van der Waals surface area (Å²) >= 11 is 15.5. The Morgan fingerprint density at radius 1 is 0.828 bits per heavy atom. The van der Waals surface area contributed by atoms with Gasteiger partial charge in [-0.15, -0.1) is 11.3 Å². The first-order valence-corrected chi connectivity index (χ1v) is 11.3. The Balaban J connectivity index is 1.62. The van der Waals surface area contributed by atoms with E-state index in [0.717, 1.165) is 32.1 Å². The minimum Gasteiger partial charge on any atom is -0.324 e. The van der Waals surface area contributed by atoms with Gasteiger partial charge in [-0.25, -0.2) is 4.98 Å². The van der Waals surface area contributed by atoms with Crippen LogP contribution < -0.4 is 4.72 Å². The summed E-state index contributed by atoms with van der Waals surface area (Å²) in [7, 11) is 0. The lowest BCUT2D eigenvalue weighted by Gasteiger charge is -2.13. The summed E-state index contributed by atoms with van der Waals surface area (Å²) in [4.78, 5) is 5.81. The molecule has 142 valence electrons. The van der Waals surface area contributed by atoms with Gasteiger partial charge in [-0.2, -0.15) is 0 Å². The molecule has 0 saturated heterocycles. The number of benzene rings is 4. The number of thiazole rings is 1. The van der Waals surface area contributed by atoms with Crippen molar-refractivity contribution in [2.24, 2.45) is 0 Å². The maximum absolute atomic E-state index is 6.17. The summed E-state index contributed by atoms with van der Waals surface area (Å²) in [5, 5.41) is 4.54. The van der Waals surface area contributed by atoms with Crippen LogP contribution in [-0.2, 0) is 0 Å². The highest BCUT2D eigenvalue weighted by molar-refractivity contribution is 8.00. The van der Waals surface area contributed by atoms with E-state index >= 15 is 0 Å². The first-order valence-electron chi connectivity index (χ1n) is 8.94. The van der Waals surface area contributed by atoms with Gasteiger partial charge in [-0.1, -0.05) is 65.7 Å². The quantitative estimate of drug-likeness (QED) is 0.276. The molecule has 5 aromatic rings. The second kappa shape index (κ2) is 7.88. The van der Waals surface area contributed by atoms with Crippen LogP contribution in [0.5, 0.6) is 0 Å². The zero-order valence-corrected chi connectivity index (χ0v) is 18.2. The van der Waals surface area contributed by atoms with Crippen molar-refractivity contribution >= 4 is 73.2 Å². The summed E-state index contributed by atoms with van der Waals surface area (Å²) in [5.74, 6) is 0. The first kappa shape index (κ1) is 18.8. The second-order valence-electron chi connectivity index (χ2n) is 6.51. The molecule has 0 aliphatic rings. The maximum atomic E-state index is 6.17. The van der Waals surface area contributed by atoms with E-state index in [4.69, 9.17) is 28.2 Å². The Kier molecular flexibility index (Phi) is 5.10. The molecule has 5 rings (SSSR count). The lowest BCUT2D eigenvalue weighted by atomic mass is 10.0. The number of nitrogens with zero attached hydrogens (tertiary/aromatic N) is 1. The Hall–Kier alpha value is -2.24. The van der Waals surface area contributed by atoms with E-state index in [-0.39, 0.29) is 0 Å². The molecule has 4 aromatic carbocycles. The van der Waals surface area contributed by atoms with Crippen molar-refractivity contribution in [3.05, 3.63) is 88.9 Å². The van der Waals surface area contributed by atoms with Gasteiger partial charge in [0.25, 0.3) is 0 Å². The number of hydrogen-bond donors (Lipinski definition) is 1. The molecule has 1 N–H and O–H groups in total. The zero-order valence-electron chi connectivity index (χ0n) is 15.0. The zero-order chi connectivity index (χ0) is 19.8. The van der Waals surface area contributed by atoms with E-state index in [2.05, 4.69) is 41.1 Å². The molecule has 0 saturated carbocycles.